The summed E-state index contributed by atoms with van der Waals surface area (Å²) in [7, 11) is 0. The van der Waals surface area contributed by atoms with Crippen molar-refractivity contribution in [2.45, 2.75) is 12.9 Å². The van der Waals surface area contributed by atoms with Gasteiger partial charge in [-0.3, -0.25) is 0 Å². The van der Waals surface area contributed by atoms with Gasteiger partial charge in [0.25, 0.3) is 0 Å². The maximum atomic E-state index is 14.4. The molecule has 0 aromatic heterocycles. The minimum absolute atomic E-state index is 0.0594. The van der Waals surface area contributed by atoms with E-state index < -0.39 is 18.7 Å². The van der Waals surface area contributed by atoms with Gasteiger partial charge in [-0.25, -0.2) is 4.39 Å². The predicted molar refractivity (Wildman–Crippen MR) is 85.9 cm³/mol. The molecule has 0 spiro atoms. The summed E-state index contributed by atoms with van der Waals surface area (Å²) in [6.45, 7) is 0.495. The largest absolute Gasteiger partial charge is 0.453 e. The summed E-state index contributed by atoms with van der Waals surface area (Å²) in [5.41, 5.74) is 1.08. The van der Waals surface area contributed by atoms with Crippen LogP contribution in [-0.4, -0.2) is 18.3 Å². The van der Waals surface area contributed by atoms with Crippen molar-refractivity contribution in [3.05, 3.63) is 57.3 Å². The normalized spacial score (nSPS) is 14.6. The number of nitriles is 1. The molecule has 0 saturated carbocycles. The molecule has 3 rings (SSSR count). The first-order chi connectivity index (χ1) is 11.6. The number of aliphatic hydroxyl groups is 1. The van der Waals surface area contributed by atoms with E-state index >= 15 is 0 Å². The van der Waals surface area contributed by atoms with Crippen molar-refractivity contribution < 1.29 is 23.7 Å². The molecule has 1 fully saturated rings. The van der Waals surface area contributed by atoms with Crippen LogP contribution in [0.25, 0.3) is 0 Å². The topological polar surface area (TPSA) is 71.7 Å². The Bertz CT molecular complexity index is 800. The lowest BCUT2D eigenvalue weighted by Crippen LogP contribution is -2.00. The lowest BCUT2D eigenvalue weighted by molar-refractivity contribution is -0.0442. The van der Waals surface area contributed by atoms with Crippen molar-refractivity contribution in [2.24, 2.45) is 0 Å². The molecule has 124 valence electrons. The van der Waals surface area contributed by atoms with Crippen LogP contribution in [0, 0.1) is 17.1 Å². The molecule has 2 aromatic rings. The molecule has 1 aliphatic heterocycles. The molecule has 0 unspecified atom stereocenters. The number of nitrogens with zero attached hydrogens (tertiary/aromatic N) is 1. The zero-order chi connectivity index (χ0) is 17.1. The Balaban J connectivity index is 1.98. The number of benzene rings is 2. The smallest absolute Gasteiger partial charge is 0.184 e. The van der Waals surface area contributed by atoms with Gasteiger partial charge in [0.2, 0.25) is 0 Å². The molecule has 0 bridgehead atoms. The third-order valence-electron chi connectivity index (χ3n) is 3.47. The summed E-state index contributed by atoms with van der Waals surface area (Å²) < 4.78 is 31.2. The second-order valence-corrected chi connectivity index (χ2v) is 5.94. The Kier molecular flexibility index (Phi) is 5.11. The minimum Gasteiger partial charge on any atom is -0.453 e. The van der Waals surface area contributed by atoms with E-state index in [2.05, 4.69) is 15.9 Å². The molecule has 0 amide bonds. The van der Waals surface area contributed by atoms with E-state index in [4.69, 9.17) is 14.2 Å². The van der Waals surface area contributed by atoms with Gasteiger partial charge in [-0.1, -0.05) is 6.07 Å². The van der Waals surface area contributed by atoms with E-state index in [1.165, 1.54) is 12.1 Å². The molecule has 1 saturated heterocycles. The van der Waals surface area contributed by atoms with Crippen molar-refractivity contribution in [3.8, 4) is 17.6 Å². The van der Waals surface area contributed by atoms with Crippen LogP contribution in [0.2, 0.25) is 0 Å². The minimum atomic E-state index is -0.663. The Hall–Kier alpha value is -1.98. The van der Waals surface area contributed by atoms with Crippen molar-refractivity contribution in [3.63, 3.8) is 0 Å². The van der Waals surface area contributed by atoms with Crippen LogP contribution in [-0.2, 0) is 16.1 Å². The molecule has 24 heavy (non-hydrogen) atoms. The summed E-state index contributed by atoms with van der Waals surface area (Å²) in [6.07, 6.45) is -0.572. The quantitative estimate of drug-likeness (QED) is 0.855. The molecule has 1 heterocycles. The molecule has 1 aliphatic rings. The number of rotatable bonds is 4. The lowest BCUT2D eigenvalue weighted by Gasteiger charge is -2.14. The van der Waals surface area contributed by atoms with Gasteiger partial charge in [0.05, 0.1) is 35.9 Å². The first-order valence-corrected chi connectivity index (χ1v) is 7.95. The summed E-state index contributed by atoms with van der Waals surface area (Å²) in [5.74, 6) is -0.446. The fourth-order valence-corrected chi connectivity index (χ4v) is 2.73. The van der Waals surface area contributed by atoms with Crippen molar-refractivity contribution in [1.82, 2.24) is 0 Å². The fraction of sp³-hybridized carbons (Fsp3) is 0.235. The molecular formula is C17H13BrFNO4. The summed E-state index contributed by atoms with van der Waals surface area (Å²) in [4.78, 5) is 0. The lowest BCUT2D eigenvalue weighted by atomic mass is 10.1. The average Bonchev–Trinajstić information content (AvgIpc) is 3.13. The van der Waals surface area contributed by atoms with Crippen molar-refractivity contribution >= 4 is 15.9 Å². The Morgan fingerprint density at radius 3 is 2.71 bits per heavy atom. The SMILES string of the molecule is N#Cc1cc(Oc2c(Br)ccc(CO)c2F)cc(C2OCCO2)c1. The van der Waals surface area contributed by atoms with Crippen molar-refractivity contribution in [1.29, 1.82) is 5.26 Å². The predicted octanol–water partition coefficient (Wildman–Crippen LogP) is 3.79. The summed E-state index contributed by atoms with van der Waals surface area (Å²) in [6, 6.07) is 9.85. The van der Waals surface area contributed by atoms with Gasteiger partial charge in [0, 0.05) is 11.1 Å². The van der Waals surface area contributed by atoms with Crippen LogP contribution in [0.5, 0.6) is 11.5 Å². The van der Waals surface area contributed by atoms with Crippen LogP contribution in [0.3, 0.4) is 0 Å². The molecule has 0 atom stereocenters. The second-order valence-electron chi connectivity index (χ2n) is 5.09. The van der Waals surface area contributed by atoms with Crippen LogP contribution >= 0.6 is 15.9 Å². The van der Waals surface area contributed by atoms with Crippen LogP contribution in [0.1, 0.15) is 23.0 Å². The summed E-state index contributed by atoms with van der Waals surface area (Å²) in [5, 5.41) is 18.4. The highest BCUT2D eigenvalue weighted by atomic mass is 79.9. The molecule has 1 N–H and O–H groups in total. The number of halogens is 2. The Morgan fingerprint density at radius 1 is 1.29 bits per heavy atom. The van der Waals surface area contributed by atoms with Gasteiger partial charge in [-0.15, -0.1) is 0 Å². The first kappa shape index (κ1) is 16.9. The molecular weight excluding hydrogens is 381 g/mol. The van der Waals surface area contributed by atoms with E-state index in [1.807, 2.05) is 6.07 Å². The Labute approximate surface area is 146 Å². The van der Waals surface area contributed by atoms with Gasteiger partial charge in [-0.2, -0.15) is 5.26 Å². The monoisotopic (exact) mass is 393 g/mol. The number of aliphatic hydroxyl groups excluding tert-OH is 1. The van der Waals surface area contributed by atoms with Crippen molar-refractivity contribution in [2.75, 3.05) is 13.2 Å². The summed E-state index contributed by atoms with van der Waals surface area (Å²) >= 11 is 3.23. The van der Waals surface area contributed by atoms with Crippen LogP contribution in [0.4, 0.5) is 4.39 Å². The highest BCUT2D eigenvalue weighted by Gasteiger charge is 2.21. The van der Waals surface area contributed by atoms with Crippen LogP contribution < -0.4 is 4.74 Å². The third kappa shape index (κ3) is 3.42. The molecule has 5 nitrogen and oxygen atoms in total. The maximum Gasteiger partial charge on any atom is 0.184 e. The van der Waals surface area contributed by atoms with E-state index in [9.17, 15) is 14.8 Å². The van der Waals surface area contributed by atoms with E-state index in [0.29, 0.717) is 28.8 Å². The van der Waals surface area contributed by atoms with E-state index in [0.717, 1.165) is 0 Å². The van der Waals surface area contributed by atoms with Gasteiger partial charge in [0.15, 0.2) is 17.9 Å². The van der Waals surface area contributed by atoms with E-state index in [1.54, 1.807) is 18.2 Å². The second kappa shape index (κ2) is 7.28. The molecule has 0 aliphatic carbocycles. The van der Waals surface area contributed by atoms with Gasteiger partial charge in [-0.05, 0) is 40.2 Å². The van der Waals surface area contributed by atoms with Crippen LogP contribution in [0.15, 0.2) is 34.8 Å². The fourth-order valence-electron chi connectivity index (χ4n) is 2.34. The molecule has 2 aromatic carbocycles. The van der Waals surface area contributed by atoms with E-state index in [-0.39, 0.29) is 17.1 Å². The zero-order valence-electron chi connectivity index (χ0n) is 12.5. The number of hydrogen-bond donors (Lipinski definition) is 1. The highest BCUT2D eigenvalue weighted by Crippen LogP contribution is 2.36. The molecule has 7 heteroatoms. The standard InChI is InChI=1S/C17H13BrFNO4/c18-14-2-1-11(9-21)15(19)16(14)24-13-6-10(8-20)5-12(7-13)17-22-3-4-23-17/h1-2,5-7,17,21H,3-4,9H2. The Morgan fingerprint density at radius 2 is 2.04 bits per heavy atom. The van der Waals surface area contributed by atoms with Gasteiger partial charge < -0.3 is 19.3 Å². The zero-order valence-corrected chi connectivity index (χ0v) is 14.0. The maximum absolute atomic E-state index is 14.4. The van der Waals surface area contributed by atoms with Gasteiger partial charge >= 0.3 is 0 Å². The van der Waals surface area contributed by atoms with Gasteiger partial charge in [0.1, 0.15) is 5.75 Å². The highest BCUT2D eigenvalue weighted by molar-refractivity contribution is 9.10. The first-order valence-electron chi connectivity index (χ1n) is 7.16. The third-order valence-corrected chi connectivity index (χ3v) is 4.10. The molecule has 0 radical (unpaired) electrons. The number of hydrogen-bond acceptors (Lipinski definition) is 5. The number of ether oxygens (including phenoxy) is 3. The average molecular weight is 394 g/mol.